The van der Waals surface area contributed by atoms with E-state index in [4.69, 9.17) is 28.3 Å². The predicted molar refractivity (Wildman–Crippen MR) is 57.1 cm³/mol. The highest BCUT2D eigenvalue weighted by atomic mass is 35.5. The van der Waals surface area contributed by atoms with Crippen LogP contribution in [0.25, 0.3) is 0 Å². The van der Waals surface area contributed by atoms with E-state index in [2.05, 4.69) is 0 Å². The Labute approximate surface area is 92.5 Å². The standard InChI is InChI=1S/C10H10Cl2O2/c1-6(13)8(11)4-7-2-3-10(14)9(12)5-7/h2-3,5,8,14H,4H2,1H3. The van der Waals surface area contributed by atoms with Crippen LogP contribution in [0.2, 0.25) is 5.02 Å². The first-order valence-corrected chi connectivity index (χ1v) is 4.94. The minimum Gasteiger partial charge on any atom is -0.506 e. The van der Waals surface area contributed by atoms with Crippen molar-refractivity contribution in [3.8, 4) is 5.75 Å². The molecule has 1 N–H and O–H groups in total. The molecule has 0 aliphatic carbocycles. The van der Waals surface area contributed by atoms with Gasteiger partial charge in [0, 0.05) is 0 Å². The number of Topliss-reactive ketones (excluding diaryl/α,β-unsaturated/α-hetero) is 1. The van der Waals surface area contributed by atoms with Crippen LogP contribution >= 0.6 is 23.2 Å². The number of carbonyl (C=O) groups excluding carboxylic acids is 1. The lowest BCUT2D eigenvalue weighted by Gasteiger charge is -2.06. The van der Waals surface area contributed by atoms with Crippen molar-refractivity contribution in [3.63, 3.8) is 0 Å². The molecule has 0 saturated heterocycles. The topological polar surface area (TPSA) is 37.3 Å². The Morgan fingerprint density at radius 2 is 2.21 bits per heavy atom. The lowest BCUT2D eigenvalue weighted by Crippen LogP contribution is -2.13. The van der Waals surface area contributed by atoms with Gasteiger partial charge in [0.05, 0.1) is 10.4 Å². The molecule has 1 aromatic rings. The average Bonchev–Trinajstić information content (AvgIpc) is 2.11. The summed E-state index contributed by atoms with van der Waals surface area (Å²) in [5.41, 5.74) is 0.836. The number of alkyl halides is 1. The molecule has 0 aliphatic heterocycles. The number of carbonyl (C=O) groups is 1. The van der Waals surface area contributed by atoms with E-state index in [1.165, 1.54) is 13.0 Å². The lowest BCUT2D eigenvalue weighted by molar-refractivity contribution is -0.116. The fraction of sp³-hybridized carbons (Fsp3) is 0.300. The number of rotatable bonds is 3. The Kier molecular flexibility index (Phi) is 3.78. The van der Waals surface area contributed by atoms with E-state index in [1.54, 1.807) is 12.1 Å². The molecule has 1 atom stereocenters. The maximum absolute atomic E-state index is 10.9. The van der Waals surface area contributed by atoms with Crippen LogP contribution in [-0.4, -0.2) is 16.3 Å². The molecule has 14 heavy (non-hydrogen) atoms. The summed E-state index contributed by atoms with van der Waals surface area (Å²) in [6, 6.07) is 4.79. The molecule has 76 valence electrons. The van der Waals surface area contributed by atoms with E-state index >= 15 is 0 Å². The molecule has 0 heterocycles. The molecule has 2 nitrogen and oxygen atoms in total. The molecule has 0 bridgehead atoms. The molecule has 0 aliphatic rings. The number of phenols is 1. The molecule has 0 amide bonds. The summed E-state index contributed by atoms with van der Waals surface area (Å²) in [5.74, 6) is -0.0415. The fourth-order valence-corrected chi connectivity index (χ4v) is 1.41. The van der Waals surface area contributed by atoms with Crippen molar-refractivity contribution in [2.24, 2.45) is 0 Å². The summed E-state index contributed by atoms with van der Waals surface area (Å²) in [6.45, 7) is 1.44. The molecule has 0 saturated carbocycles. The largest absolute Gasteiger partial charge is 0.506 e. The third kappa shape index (κ3) is 2.89. The first-order valence-electron chi connectivity index (χ1n) is 4.12. The van der Waals surface area contributed by atoms with Crippen molar-refractivity contribution < 1.29 is 9.90 Å². The average molecular weight is 233 g/mol. The van der Waals surface area contributed by atoms with Gasteiger partial charge in [-0.25, -0.2) is 0 Å². The van der Waals surface area contributed by atoms with Crippen molar-refractivity contribution in [1.29, 1.82) is 0 Å². The number of aromatic hydroxyl groups is 1. The normalized spacial score (nSPS) is 12.5. The van der Waals surface area contributed by atoms with Crippen molar-refractivity contribution in [2.45, 2.75) is 18.7 Å². The first kappa shape index (κ1) is 11.3. The monoisotopic (exact) mass is 232 g/mol. The third-order valence-corrected chi connectivity index (χ3v) is 2.63. The van der Waals surface area contributed by atoms with E-state index in [0.29, 0.717) is 6.42 Å². The van der Waals surface area contributed by atoms with Crippen molar-refractivity contribution >= 4 is 29.0 Å². The third-order valence-electron chi connectivity index (χ3n) is 1.87. The zero-order chi connectivity index (χ0) is 10.7. The quantitative estimate of drug-likeness (QED) is 0.815. The number of ketones is 1. The summed E-state index contributed by atoms with van der Waals surface area (Å²) in [5, 5.41) is 8.90. The number of benzene rings is 1. The van der Waals surface area contributed by atoms with E-state index < -0.39 is 5.38 Å². The number of hydrogen-bond acceptors (Lipinski definition) is 2. The number of hydrogen-bond donors (Lipinski definition) is 1. The van der Waals surface area contributed by atoms with Gasteiger partial charge in [-0.1, -0.05) is 17.7 Å². The molecule has 0 fully saturated rings. The molecule has 1 rings (SSSR count). The maximum atomic E-state index is 10.9. The van der Waals surface area contributed by atoms with E-state index in [-0.39, 0.29) is 16.6 Å². The summed E-state index contributed by atoms with van der Waals surface area (Å²) in [6.07, 6.45) is 0.427. The summed E-state index contributed by atoms with van der Waals surface area (Å²) < 4.78 is 0. The van der Waals surface area contributed by atoms with Crippen LogP contribution in [0.5, 0.6) is 5.75 Å². The smallest absolute Gasteiger partial charge is 0.147 e. The Morgan fingerprint density at radius 1 is 1.57 bits per heavy atom. The zero-order valence-electron chi connectivity index (χ0n) is 7.63. The highest BCUT2D eigenvalue weighted by molar-refractivity contribution is 6.32. The van der Waals surface area contributed by atoms with Crippen LogP contribution in [0.4, 0.5) is 0 Å². The van der Waals surface area contributed by atoms with Crippen LogP contribution in [0.1, 0.15) is 12.5 Å². The van der Waals surface area contributed by atoms with E-state index in [9.17, 15) is 4.79 Å². The summed E-state index contributed by atoms with van der Waals surface area (Å²) >= 11 is 11.5. The molecule has 0 aromatic heterocycles. The van der Waals surface area contributed by atoms with Gasteiger partial charge >= 0.3 is 0 Å². The second-order valence-corrected chi connectivity index (χ2v) is 4.00. The SMILES string of the molecule is CC(=O)C(Cl)Cc1ccc(O)c(Cl)c1. The van der Waals surface area contributed by atoms with Gasteiger partial charge in [0.25, 0.3) is 0 Å². The zero-order valence-corrected chi connectivity index (χ0v) is 9.14. The predicted octanol–water partition coefficient (Wildman–Crippen LogP) is 2.78. The van der Waals surface area contributed by atoms with Crippen molar-refractivity contribution in [3.05, 3.63) is 28.8 Å². The highest BCUT2D eigenvalue weighted by Gasteiger charge is 2.11. The Hall–Kier alpha value is -0.730. The van der Waals surface area contributed by atoms with Gasteiger partial charge < -0.3 is 5.11 Å². The molecular formula is C10H10Cl2O2. The molecule has 0 spiro atoms. The van der Waals surface area contributed by atoms with Crippen molar-refractivity contribution in [1.82, 2.24) is 0 Å². The fourth-order valence-electron chi connectivity index (χ4n) is 1.03. The van der Waals surface area contributed by atoms with Crippen LogP contribution in [0.15, 0.2) is 18.2 Å². The molecule has 1 aromatic carbocycles. The minimum atomic E-state index is -0.532. The lowest BCUT2D eigenvalue weighted by atomic mass is 10.1. The maximum Gasteiger partial charge on any atom is 0.147 e. The van der Waals surface area contributed by atoms with Gasteiger partial charge in [-0.3, -0.25) is 4.79 Å². The first-order chi connectivity index (χ1) is 6.50. The molecule has 4 heteroatoms. The van der Waals surface area contributed by atoms with Crippen LogP contribution < -0.4 is 0 Å². The minimum absolute atomic E-state index is 0.0318. The molecule has 1 unspecified atom stereocenters. The van der Waals surface area contributed by atoms with Gasteiger partial charge in [0.1, 0.15) is 11.5 Å². The Balaban J connectivity index is 2.78. The van der Waals surface area contributed by atoms with Gasteiger partial charge in [-0.05, 0) is 31.0 Å². The highest BCUT2D eigenvalue weighted by Crippen LogP contribution is 2.24. The van der Waals surface area contributed by atoms with Crippen LogP contribution in [0, 0.1) is 0 Å². The Bertz CT molecular complexity index is 350. The van der Waals surface area contributed by atoms with Gasteiger partial charge in [0.15, 0.2) is 0 Å². The van der Waals surface area contributed by atoms with E-state index in [1.807, 2.05) is 0 Å². The second kappa shape index (κ2) is 4.67. The van der Waals surface area contributed by atoms with Gasteiger partial charge in [-0.15, -0.1) is 11.6 Å². The van der Waals surface area contributed by atoms with Gasteiger partial charge in [0.2, 0.25) is 0 Å². The van der Waals surface area contributed by atoms with Crippen LogP contribution in [0.3, 0.4) is 0 Å². The second-order valence-electron chi connectivity index (χ2n) is 3.07. The number of phenolic OH excluding ortho intramolecular Hbond substituents is 1. The van der Waals surface area contributed by atoms with Gasteiger partial charge in [-0.2, -0.15) is 0 Å². The number of halogens is 2. The summed E-state index contributed by atoms with van der Waals surface area (Å²) in [4.78, 5) is 10.9. The van der Waals surface area contributed by atoms with E-state index in [0.717, 1.165) is 5.56 Å². The summed E-state index contributed by atoms with van der Waals surface area (Å²) in [7, 11) is 0. The molecular weight excluding hydrogens is 223 g/mol. The van der Waals surface area contributed by atoms with Crippen LogP contribution in [-0.2, 0) is 11.2 Å². The Morgan fingerprint density at radius 3 is 2.71 bits per heavy atom. The molecule has 0 radical (unpaired) electrons. The van der Waals surface area contributed by atoms with Crippen molar-refractivity contribution in [2.75, 3.05) is 0 Å².